The van der Waals surface area contributed by atoms with Crippen LogP contribution in [0.15, 0.2) is 24.3 Å². The van der Waals surface area contributed by atoms with Gasteiger partial charge in [0.2, 0.25) is 0 Å². The molecule has 0 N–H and O–H groups in total. The van der Waals surface area contributed by atoms with E-state index in [4.69, 9.17) is 0 Å². The average molecular weight is 192 g/mol. The van der Waals surface area contributed by atoms with E-state index >= 15 is 0 Å². The summed E-state index contributed by atoms with van der Waals surface area (Å²) in [5, 5.41) is 0. The largest absolute Gasteiger partial charge is 0.295 e. The van der Waals surface area contributed by atoms with E-state index in [1.54, 1.807) is 6.92 Å². The fraction of sp³-hybridized carbons (Fsp3) is 0.417. The molecule has 0 spiro atoms. The van der Waals surface area contributed by atoms with Crippen molar-refractivity contribution in [1.29, 1.82) is 0 Å². The van der Waals surface area contributed by atoms with Gasteiger partial charge in [-0.1, -0.05) is 24.3 Å². The summed E-state index contributed by atoms with van der Waals surface area (Å²) in [7, 11) is 0. The highest BCUT2D eigenvalue weighted by Gasteiger charge is 2.37. The van der Waals surface area contributed by atoms with Crippen LogP contribution in [-0.4, -0.2) is 12.5 Å². The van der Waals surface area contributed by atoms with Gasteiger partial charge in [0.1, 0.15) is 0 Å². The Morgan fingerprint density at radius 1 is 1.43 bits per heavy atom. The van der Waals surface area contributed by atoms with Crippen LogP contribution in [0, 0.1) is 5.92 Å². The Bertz CT molecular complexity index is 342. The first-order chi connectivity index (χ1) is 6.72. The molecule has 0 aliphatic heterocycles. The fourth-order valence-corrected chi connectivity index (χ4v) is 1.79. The van der Waals surface area contributed by atoms with Crippen LogP contribution in [-0.2, 0) is 0 Å². The van der Waals surface area contributed by atoms with Crippen molar-refractivity contribution in [3.63, 3.8) is 0 Å². The number of ketones is 1. The van der Waals surface area contributed by atoms with Crippen molar-refractivity contribution in [1.82, 2.24) is 0 Å². The van der Waals surface area contributed by atoms with Crippen LogP contribution >= 0.6 is 0 Å². The number of carbonyl (C=O) groups is 1. The number of Topliss-reactive ketones (excluding diaryl/α,β-unsaturated/α-hetero) is 1. The zero-order valence-corrected chi connectivity index (χ0v) is 8.16. The molecule has 74 valence electrons. The molecule has 2 atom stereocenters. The van der Waals surface area contributed by atoms with E-state index in [0.717, 1.165) is 17.5 Å². The Morgan fingerprint density at radius 3 is 2.50 bits per heavy atom. The third-order valence-corrected chi connectivity index (χ3v) is 2.87. The summed E-state index contributed by atoms with van der Waals surface area (Å²) in [4.78, 5) is 11.0. The quantitative estimate of drug-likeness (QED) is 0.673. The van der Waals surface area contributed by atoms with Crippen LogP contribution in [0.25, 0.3) is 0 Å². The molecule has 0 amide bonds. The molecule has 0 radical (unpaired) electrons. The van der Waals surface area contributed by atoms with Crippen LogP contribution < -0.4 is 0 Å². The number of rotatable bonds is 3. The molecular formula is C12H13FO. The summed E-state index contributed by atoms with van der Waals surface area (Å²) in [5.41, 5.74) is 1.89. The van der Waals surface area contributed by atoms with Crippen molar-refractivity contribution in [2.45, 2.75) is 19.3 Å². The summed E-state index contributed by atoms with van der Waals surface area (Å²) in [6.07, 6.45) is 0.954. The Hall–Kier alpha value is -1.18. The van der Waals surface area contributed by atoms with E-state index in [0.29, 0.717) is 5.92 Å². The maximum absolute atomic E-state index is 12.3. The first-order valence-corrected chi connectivity index (χ1v) is 4.89. The lowest BCUT2D eigenvalue weighted by Crippen LogP contribution is -1.92. The standard InChI is InChI=1S/C12H13FO/c1-8(14)9-2-4-10(5-3-9)12-6-11(12)7-13/h2-5,11-12H,6-7H2,1H3. The first-order valence-electron chi connectivity index (χ1n) is 4.89. The first kappa shape index (κ1) is 9.38. The Balaban J connectivity index is 2.11. The Morgan fingerprint density at radius 2 is 2.07 bits per heavy atom. The van der Waals surface area contributed by atoms with Gasteiger partial charge in [-0.2, -0.15) is 0 Å². The predicted octanol–water partition coefficient (Wildman–Crippen LogP) is 2.96. The maximum Gasteiger partial charge on any atom is 0.159 e. The van der Waals surface area contributed by atoms with Gasteiger partial charge < -0.3 is 0 Å². The summed E-state index contributed by atoms with van der Waals surface area (Å²) in [5.74, 6) is 0.688. The predicted molar refractivity (Wildman–Crippen MR) is 53.3 cm³/mol. The zero-order valence-electron chi connectivity index (χ0n) is 8.16. The summed E-state index contributed by atoms with van der Waals surface area (Å²) in [6.45, 7) is 1.33. The molecule has 1 aromatic rings. The van der Waals surface area contributed by atoms with Gasteiger partial charge >= 0.3 is 0 Å². The lowest BCUT2D eigenvalue weighted by molar-refractivity contribution is 0.101. The maximum atomic E-state index is 12.3. The molecule has 0 aromatic heterocycles. The number of halogens is 1. The number of carbonyl (C=O) groups excluding carboxylic acids is 1. The summed E-state index contributed by atoms with van der Waals surface area (Å²) in [6, 6.07) is 7.53. The topological polar surface area (TPSA) is 17.1 Å². The molecule has 1 nitrogen and oxygen atoms in total. The Kier molecular flexibility index (Phi) is 2.36. The van der Waals surface area contributed by atoms with Gasteiger partial charge in [-0.05, 0) is 30.7 Å². The summed E-state index contributed by atoms with van der Waals surface area (Å²) >= 11 is 0. The van der Waals surface area contributed by atoms with Gasteiger partial charge in [0.25, 0.3) is 0 Å². The van der Waals surface area contributed by atoms with Crippen molar-refractivity contribution >= 4 is 5.78 Å². The minimum atomic E-state index is -0.223. The molecule has 2 rings (SSSR count). The van der Waals surface area contributed by atoms with Crippen molar-refractivity contribution in [2.75, 3.05) is 6.67 Å². The second kappa shape index (κ2) is 3.52. The van der Waals surface area contributed by atoms with Gasteiger partial charge in [-0.3, -0.25) is 9.18 Å². The minimum absolute atomic E-state index is 0.0781. The minimum Gasteiger partial charge on any atom is -0.295 e. The van der Waals surface area contributed by atoms with E-state index in [-0.39, 0.29) is 18.4 Å². The lowest BCUT2D eigenvalue weighted by atomic mass is 10.1. The Labute approximate surface area is 82.9 Å². The molecular weight excluding hydrogens is 179 g/mol. The van der Waals surface area contributed by atoms with Crippen LogP contribution in [0.4, 0.5) is 4.39 Å². The number of hydrogen-bond donors (Lipinski definition) is 0. The fourth-order valence-electron chi connectivity index (χ4n) is 1.79. The van der Waals surface area contributed by atoms with Gasteiger partial charge in [0, 0.05) is 5.56 Å². The molecule has 1 aliphatic rings. The van der Waals surface area contributed by atoms with Gasteiger partial charge in [0.15, 0.2) is 5.78 Å². The number of benzene rings is 1. The molecule has 1 aliphatic carbocycles. The zero-order chi connectivity index (χ0) is 10.1. The van der Waals surface area contributed by atoms with Crippen LogP contribution in [0.2, 0.25) is 0 Å². The summed E-state index contributed by atoms with van der Waals surface area (Å²) < 4.78 is 12.3. The SMILES string of the molecule is CC(=O)c1ccc(C2CC2CF)cc1. The number of hydrogen-bond acceptors (Lipinski definition) is 1. The molecule has 1 aromatic carbocycles. The van der Waals surface area contributed by atoms with Crippen molar-refractivity contribution in [2.24, 2.45) is 5.92 Å². The van der Waals surface area contributed by atoms with Crippen molar-refractivity contribution in [3.8, 4) is 0 Å². The smallest absolute Gasteiger partial charge is 0.159 e. The second-order valence-corrected chi connectivity index (χ2v) is 3.93. The molecule has 0 bridgehead atoms. The van der Waals surface area contributed by atoms with Crippen LogP contribution in [0.1, 0.15) is 35.2 Å². The highest BCUT2D eigenvalue weighted by atomic mass is 19.1. The van der Waals surface area contributed by atoms with Crippen LogP contribution in [0.5, 0.6) is 0 Å². The van der Waals surface area contributed by atoms with E-state index < -0.39 is 0 Å². The molecule has 1 fully saturated rings. The third-order valence-electron chi connectivity index (χ3n) is 2.87. The lowest BCUT2D eigenvalue weighted by Gasteiger charge is -2.00. The third kappa shape index (κ3) is 1.69. The highest BCUT2D eigenvalue weighted by molar-refractivity contribution is 5.94. The molecule has 2 heteroatoms. The molecule has 14 heavy (non-hydrogen) atoms. The monoisotopic (exact) mass is 192 g/mol. The normalized spacial score (nSPS) is 24.7. The van der Waals surface area contributed by atoms with E-state index in [9.17, 15) is 9.18 Å². The average Bonchev–Trinajstić information content (AvgIpc) is 2.97. The van der Waals surface area contributed by atoms with E-state index in [1.165, 1.54) is 0 Å². The molecule has 1 saturated carbocycles. The second-order valence-electron chi connectivity index (χ2n) is 3.93. The van der Waals surface area contributed by atoms with Crippen molar-refractivity contribution in [3.05, 3.63) is 35.4 Å². The van der Waals surface area contributed by atoms with Gasteiger partial charge in [0.05, 0.1) is 6.67 Å². The molecule has 0 saturated heterocycles. The highest BCUT2D eigenvalue weighted by Crippen LogP contribution is 2.47. The van der Waals surface area contributed by atoms with E-state index in [2.05, 4.69) is 0 Å². The number of alkyl halides is 1. The molecule has 0 heterocycles. The van der Waals surface area contributed by atoms with E-state index in [1.807, 2.05) is 24.3 Å². The van der Waals surface area contributed by atoms with Crippen LogP contribution in [0.3, 0.4) is 0 Å². The molecule has 2 unspecified atom stereocenters. The van der Waals surface area contributed by atoms with Gasteiger partial charge in [-0.25, -0.2) is 0 Å². The van der Waals surface area contributed by atoms with Gasteiger partial charge in [-0.15, -0.1) is 0 Å². The van der Waals surface area contributed by atoms with Crippen molar-refractivity contribution < 1.29 is 9.18 Å².